The van der Waals surface area contributed by atoms with Crippen molar-refractivity contribution in [2.75, 3.05) is 26.2 Å². The van der Waals surface area contributed by atoms with Crippen molar-refractivity contribution in [3.8, 4) is 0 Å². The molecule has 5 nitrogen and oxygen atoms in total. The van der Waals surface area contributed by atoms with Crippen LogP contribution in [0.4, 0.5) is 4.79 Å². The first-order chi connectivity index (χ1) is 7.54. The van der Waals surface area contributed by atoms with Crippen molar-refractivity contribution in [2.24, 2.45) is 17.8 Å². The first-order valence-corrected chi connectivity index (χ1v) is 5.78. The average Bonchev–Trinajstić information content (AvgIpc) is 2.68. The van der Waals surface area contributed by atoms with Crippen LogP contribution in [0.5, 0.6) is 0 Å². The monoisotopic (exact) mass is 226 g/mol. The van der Waals surface area contributed by atoms with Gasteiger partial charge in [0, 0.05) is 33.1 Å². The predicted octanol–water partition coefficient (Wildman–Crippen LogP) is 0.711. The predicted molar refractivity (Wildman–Crippen MR) is 58.0 cm³/mol. The van der Waals surface area contributed by atoms with Crippen molar-refractivity contribution < 1.29 is 14.7 Å². The van der Waals surface area contributed by atoms with E-state index in [1.54, 1.807) is 6.92 Å². The van der Waals surface area contributed by atoms with E-state index in [-0.39, 0.29) is 5.91 Å². The highest BCUT2D eigenvalue weighted by Crippen LogP contribution is 2.51. The molecule has 2 aliphatic rings. The lowest BCUT2D eigenvalue weighted by atomic mass is 10.2. The molecule has 2 fully saturated rings. The van der Waals surface area contributed by atoms with Gasteiger partial charge in [0.15, 0.2) is 0 Å². The molecular formula is C11H18N2O3. The first kappa shape index (κ1) is 11.2. The molecule has 0 radical (unpaired) electrons. The van der Waals surface area contributed by atoms with Gasteiger partial charge in [-0.1, -0.05) is 0 Å². The molecule has 3 atom stereocenters. The molecule has 1 heterocycles. The van der Waals surface area contributed by atoms with Gasteiger partial charge in [-0.15, -0.1) is 0 Å². The second kappa shape index (κ2) is 3.96. The molecule has 90 valence electrons. The van der Waals surface area contributed by atoms with Gasteiger partial charge in [0.2, 0.25) is 5.91 Å². The molecule has 1 saturated carbocycles. The van der Waals surface area contributed by atoms with Crippen LogP contribution in [0.1, 0.15) is 13.8 Å². The number of hydrogen-bond acceptors (Lipinski definition) is 2. The Morgan fingerprint density at radius 2 is 1.94 bits per heavy atom. The Morgan fingerprint density at radius 3 is 2.31 bits per heavy atom. The van der Waals surface area contributed by atoms with Gasteiger partial charge in [-0.2, -0.15) is 0 Å². The number of carbonyl (C=O) groups is 2. The van der Waals surface area contributed by atoms with E-state index in [1.165, 1.54) is 4.90 Å². The highest BCUT2D eigenvalue weighted by Gasteiger charge is 2.56. The van der Waals surface area contributed by atoms with Crippen molar-refractivity contribution >= 4 is 12.0 Å². The summed E-state index contributed by atoms with van der Waals surface area (Å²) in [6.45, 7) is 6.41. The smallest absolute Gasteiger partial charge is 0.407 e. The number of fused-ring (bicyclic) bond motifs is 1. The van der Waals surface area contributed by atoms with Gasteiger partial charge in [-0.25, -0.2) is 4.79 Å². The van der Waals surface area contributed by atoms with Crippen LogP contribution in [0, 0.1) is 17.8 Å². The highest BCUT2D eigenvalue weighted by atomic mass is 16.4. The summed E-state index contributed by atoms with van der Waals surface area (Å²) in [4.78, 5) is 25.3. The van der Waals surface area contributed by atoms with Gasteiger partial charge >= 0.3 is 6.09 Å². The molecule has 1 N–H and O–H groups in total. The maximum Gasteiger partial charge on any atom is 0.407 e. The second-order valence-electron chi connectivity index (χ2n) is 4.74. The number of piperidine rings is 1. The standard InChI is InChI=1S/C11H18N2O3/c1-3-12(7(2)14)4-8-9-5-13(11(15)16)6-10(8)9/h8-10H,3-6H2,1-2H3,(H,15,16)/t8?,9-,10?/m0/s1. The lowest BCUT2D eigenvalue weighted by molar-refractivity contribution is -0.129. The quantitative estimate of drug-likeness (QED) is 0.771. The largest absolute Gasteiger partial charge is 0.465 e. The molecule has 0 aromatic heterocycles. The fourth-order valence-corrected chi connectivity index (χ4v) is 2.81. The number of carbonyl (C=O) groups excluding carboxylic acids is 1. The molecule has 1 aliphatic carbocycles. The minimum Gasteiger partial charge on any atom is -0.465 e. The summed E-state index contributed by atoms with van der Waals surface area (Å²) < 4.78 is 0. The van der Waals surface area contributed by atoms with E-state index >= 15 is 0 Å². The zero-order valence-corrected chi connectivity index (χ0v) is 9.72. The van der Waals surface area contributed by atoms with Gasteiger partial charge in [0.05, 0.1) is 0 Å². The van der Waals surface area contributed by atoms with Crippen molar-refractivity contribution in [3.05, 3.63) is 0 Å². The van der Waals surface area contributed by atoms with Crippen LogP contribution in [0.25, 0.3) is 0 Å². The molecule has 2 amide bonds. The third-order valence-electron chi connectivity index (χ3n) is 3.90. The summed E-state index contributed by atoms with van der Waals surface area (Å²) in [5, 5.41) is 8.82. The first-order valence-electron chi connectivity index (χ1n) is 5.78. The van der Waals surface area contributed by atoms with E-state index < -0.39 is 6.09 Å². The number of amides is 2. The third-order valence-corrected chi connectivity index (χ3v) is 3.90. The van der Waals surface area contributed by atoms with E-state index in [0.717, 1.165) is 13.1 Å². The molecule has 5 heteroatoms. The van der Waals surface area contributed by atoms with Crippen LogP contribution >= 0.6 is 0 Å². The van der Waals surface area contributed by atoms with Crippen LogP contribution in [-0.2, 0) is 4.79 Å². The zero-order chi connectivity index (χ0) is 11.9. The lowest BCUT2D eigenvalue weighted by Crippen LogP contribution is -2.35. The second-order valence-corrected chi connectivity index (χ2v) is 4.74. The van der Waals surface area contributed by atoms with Crippen molar-refractivity contribution in [3.63, 3.8) is 0 Å². The van der Waals surface area contributed by atoms with Crippen molar-refractivity contribution in [2.45, 2.75) is 13.8 Å². The number of carboxylic acid groups (broad SMARTS) is 1. The molecule has 2 rings (SSSR count). The van der Waals surface area contributed by atoms with Gasteiger partial charge in [-0.3, -0.25) is 4.79 Å². The zero-order valence-electron chi connectivity index (χ0n) is 9.72. The van der Waals surface area contributed by atoms with Crippen LogP contribution < -0.4 is 0 Å². The molecule has 2 unspecified atom stereocenters. The number of likely N-dealkylation sites (tertiary alicyclic amines) is 1. The van der Waals surface area contributed by atoms with Crippen LogP contribution in [0.15, 0.2) is 0 Å². The van der Waals surface area contributed by atoms with Crippen LogP contribution in [-0.4, -0.2) is 53.1 Å². The lowest BCUT2D eigenvalue weighted by Gasteiger charge is -2.21. The van der Waals surface area contributed by atoms with Gasteiger partial charge < -0.3 is 14.9 Å². The summed E-state index contributed by atoms with van der Waals surface area (Å²) in [5.41, 5.74) is 0. The average molecular weight is 226 g/mol. The molecule has 0 spiro atoms. The van der Waals surface area contributed by atoms with E-state index in [1.807, 2.05) is 11.8 Å². The van der Waals surface area contributed by atoms with Crippen molar-refractivity contribution in [1.82, 2.24) is 9.80 Å². The molecule has 0 aromatic carbocycles. The fraction of sp³-hybridized carbons (Fsp3) is 0.818. The van der Waals surface area contributed by atoms with Crippen LogP contribution in [0.2, 0.25) is 0 Å². The van der Waals surface area contributed by atoms with E-state index in [9.17, 15) is 9.59 Å². The number of nitrogens with zero attached hydrogens (tertiary/aromatic N) is 2. The Kier molecular flexibility index (Phi) is 2.78. The number of rotatable bonds is 3. The van der Waals surface area contributed by atoms with Gasteiger partial charge in [-0.05, 0) is 24.7 Å². The molecular weight excluding hydrogens is 208 g/mol. The Bertz CT molecular complexity index is 306. The van der Waals surface area contributed by atoms with Gasteiger partial charge in [0.1, 0.15) is 0 Å². The summed E-state index contributed by atoms with van der Waals surface area (Å²) in [7, 11) is 0. The van der Waals surface area contributed by atoms with Crippen molar-refractivity contribution in [1.29, 1.82) is 0 Å². The molecule has 0 aromatic rings. The Balaban J connectivity index is 1.81. The minimum atomic E-state index is -0.815. The summed E-state index contributed by atoms with van der Waals surface area (Å²) >= 11 is 0. The maximum absolute atomic E-state index is 11.3. The number of hydrogen-bond donors (Lipinski definition) is 1. The summed E-state index contributed by atoms with van der Waals surface area (Å²) in [5.74, 6) is 1.62. The van der Waals surface area contributed by atoms with E-state index in [0.29, 0.717) is 30.8 Å². The van der Waals surface area contributed by atoms with Gasteiger partial charge in [0.25, 0.3) is 0 Å². The molecule has 1 saturated heterocycles. The summed E-state index contributed by atoms with van der Waals surface area (Å²) in [6.07, 6.45) is -0.815. The third kappa shape index (κ3) is 1.86. The normalized spacial score (nSPS) is 31.1. The van der Waals surface area contributed by atoms with E-state index in [2.05, 4.69) is 0 Å². The Hall–Kier alpha value is -1.26. The molecule has 0 bridgehead atoms. The molecule has 16 heavy (non-hydrogen) atoms. The SMILES string of the molecule is CCN(CC1C2CN(C(=O)O)C[C@@H]12)C(C)=O. The topological polar surface area (TPSA) is 60.9 Å². The maximum atomic E-state index is 11.3. The minimum absolute atomic E-state index is 0.113. The molecule has 1 aliphatic heterocycles. The fourth-order valence-electron chi connectivity index (χ4n) is 2.81. The summed E-state index contributed by atoms with van der Waals surface area (Å²) in [6, 6.07) is 0. The highest BCUT2D eigenvalue weighted by molar-refractivity contribution is 5.73. The van der Waals surface area contributed by atoms with E-state index in [4.69, 9.17) is 5.11 Å². The Morgan fingerprint density at radius 1 is 1.38 bits per heavy atom. The van der Waals surface area contributed by atoms with Crippen LogP contribution in [0.3, 0.4) is 0 Å². The Labute approximate surface area is 95.0 Å².